The van der Waals surface area contributed by atoms with Gasteiger partial charge in [0.1, 0.15) is 5.52 Å². The number of ether oxygens (including phenoxy) is 1. The number of imidazole rings is 2. The molecule has 0 saturated carbocycles. The fourth-order valence-electron chi connectivity index (χ4n) is 7.59. The standard InChI is InChI=1S/C39H23N5O/c1-2-12-24(13-3-1)41-29-18-8-5-15-26(29)36-38(41)44-30-19-9-6-16-27(30)40-39(44)43(36)32-22-23-34-37-35(32)25-14-4-7-17-28(25)42(37)31-20-10-11-21-33(31)45-34/h1-23H. The Bertz CT molecular complexity index is 2850. The Morgan fingerprint density at radius 3 is 2.02 bits per heavy atom. The van der Waals surface area contributed by atoms with Gasteiger partial charge in [-0.25, -0.2) is 4.98 Å². The maximum Gasteiger partial charge on any atom is 0.221 e. The zero-order chi connectivity index (χ0) is 29.2. The Hall–Kier alpha value is -6.27. The Morgan fingerprint density at radius 2 is 1.16 bits per heavy atom. The van der Waals surface area contributed by atoms with Crippen LogP contribution in [-0.4, -0.2) is 23.1 Å². The van der Waals surface area contributed by atoms with Crippen LogP contribution in [0.5, 0.6) is 11.5 Å². The minimum absolute atomic E-state index is 0.850. The third-order valence-corrected chi connectivity index (χ3v) is 9.34. The van der Waals surface area contributed by atoms with Crippen molar-refractivity contribution in [2.24, 2.45) is 0 Å². The molecule has 0 radical (unpaired) electrons. The minimum Gasteiger partial charge on any atom is -0.453 e. The van der Waals surface area contributed by atoms with Crippen molar-refractivity contribution in [1.82, 2.24) is 23.1 Å². The summed E-state index contributed by atoms with van der Waals surface area (Å²) in [5, 5.41) is 3.48. The lowest BCUT2D eigenvalue weighted by Crippen LogP contribution is -2.05. The summed E-state index contributed by atoms with van der Waals surface area (Å²) in [6.07, 6.45) is 0. The van der Waals surface area contributed by atoms with E-state index in [1.165, 1.54) is 10.8 Å². The van der Waals surface area contributed by atoms with E-state index in [0.717, 1.165) is 78.5 Å². The van der Waals surface area contributed by atoms with Crippen LogP contribution in [0.2, 0.25) is 0 Å². The summed E-state index contributed by atoms with van der Waals surface area (Å²) in [5.41, 5.74) is 10.8. The van der Waals surface area contributed by atoms with Crippen LogP contribution in [0.1, 0.15) is 0 Å². The van der Waals surface area contributed by atoms with Crippen LogP contribution in [0, 0.1) is 0 Å². The van der Waals surface area contributed by atoms with Gasteiger partial charge >= 0.3 is 0 Å². The molecule has 0 spiro atoms. The van der Waals surface area contributed by atoms with Crippen LogP contribution >= 0.6 is 0 Å². The summed E-state index contributed by atoms with van der Waals surface area (Å²) in [6.45, 7) is 0. The van der Waals surface area contributed by atoms with Crippen LogP contribution in [0.25, 0.3) is 77.7 Å². The molecule has 0 aliphatic carbocycles. The van der Waals surface area contributed by atoms with Gasteiger partial charge in [-0.2, -0.15) is 0 Å². The van der Waals surface area contributed by atoms with E-state index in [4.69, 9.17) is 9.72 Å². The second-order valence-electron chi connectivity index (χ2n) is 11.7. The molecule has 0 amide bonds. The molecule has 4 aromatic heterocycles. The maximum atomic E-state index is 6.55. The number of rotatable bonds is 2. The molecule has 45 heavy (non-hydrogen) atoms. The number of hydrogen-bond acceptors (Lipinski definition) is 2. The Balaban J connectivity index is 1.40. The molecule has 5 heterocycles. The summed E-state index contributed by atoms with van der Waals surface area (Å²) < 4.78 is 16.0. The van der Waals surface area contributed by atoms with E-state index >= 15 is 0 Å². The molecule has 1 aliphatic rings. The quantitative estimate of drug-likeness (QED) is 0.205. The highest BCUT2D eigenvalue weighted by molar-refractivity contribution is 6.18. The SMILES string of the molecule is c1ccc(-n2c3ccccc3c3c2n2c4ccccc4nc2n3-c2ccc3c4c2c2ccccc2n4-c2ccccc2O3)cc1. The van der Waals surface area contributed by atoms with Gasteiger partial charge in [-0.1, -0.05) is 78.9 Å². The van der Waals surface area contributed by atoms with E-state index < -0.39 is 0 Å². The lowest BCUT2D eigenvalue weighted by Gasteiger charge is -2.21. The third-order valence-electron chi connectivity index (χ3n) is 9.34. The summed E-state index contributed by atoms with van der Waals surface area (Å²) in [6, 6.07) is 49.0. The molecule has 6 heteroatoms. The second kappa shape index (κ2) is 8.21. The van der Waals surface area contributed by atoms with Gasteiger partial charge in [0.15, 0.2) is 17.1 Å². The highest BCUT2D eigenvalue weighted by atomic mass is 16.5. The monoisotopic (exact) mass is 577 g/mol. The smallest absolute Gasteiger partial charge is 0.221 e. The van der Waals surface area contributed by atoms with Crippen molar-refractivity contribution >= 4 is 60.7 Å². The first-order valence-electron chi connectivity index (χ1n) is 15.2. The highest BCUT2D eigenvalue weighted by Crippen LogP contribution is 2.48. The van der Waals surface area contributed by atoms with Crippen molar-refractivity contribution in [2.45, 2.75) is 0 Å². The van der Waals surface area contributed by atoms with Gasteiger partial charge in [0.25, 0.3) is 0 Å². The number of para-hydroxylation sites is 7. The molecular weight excluding hydrogens is 554 g/mol. The van der Waals surface area contributed by atoms with Crippen LogP contribution in [0.4, 0.5) is 0 Å². The molecule has 1 aliphatic heterocycles. The summed E-state index contributed by atoms with van der Waals surface area (Å²) in [4.78, 5) is 5.30. The molecular formula is C39H23N5O. The van der Waals surface area contributed by atoms with E-state index in [2.05, 4.69) is 145 Å². The van der Waals surface area contributed by atoms with Crippen LogP contribution in [-0.2, 0) is 0 Å². The fourth-order valence-corrected chi connectivity index (χ4v) is 7.59. The Kier molecular flexibility index (Phi) is 4.24. The van der Waals surface area contributed by atoms with Gasteiger partial charge in [0.05, 0.1) is 39.0 Å². The molecule has 0 bridgehead atoms. The predicted molar refractivity (Wildman–Crippen MR) is 181 cm³/mol. The number of nitrogens with zero attached hydrogens (tertiary/aromatic N) is 5. The molecule has 0 atom stereocenters. The lowest BCUT2D eigenvalue weighted by molar-refractivity contribution is 0.476. The van der Waals surface area contributed by atoms with Crippen molar-refractivity contribution in [1.29, 1.82) is 0 Å². The van der Waals surface area contributed by atoms with Gasteiger partial charge in [-0.15, -0.1) is 0 Å². The van der Waals surface area contributed by atoms with E-state index in [1.54, 1.807) is 0 Å². The second-order valence-corrected chi connectivity index (χ2v) is 11.7. The van der Waals surface area contributed by atoms with Crippen molar-refractivity contribution in [3.05, 3.63) is 140 Å². The number of hydrogen-bond donors (Lipinski definition) is 0. The number of aromatic nitrogens is 5. The lowest BCUT2D eigenvalue weighted by atomic mass is 10.1. The first-order chi connectivity index (χ1) is 22.4. The zero-order valence-corrected chi connectivity index (χ0v) is 23.9. The largest absolute Gasteiger partial charge is 0.453 e. The molecule has 210 valence electrons. The zero-order valence-electron chi connectivity index (χ0n) is 23.9. The number of benzene rings is 6. The van der Waals surface area contributed by atoms with Gasteiger partial charge in [0, 0.05) is 21.8 Å². The predicted octanol–water partition coefficient (Wildman–Crippen LogP) is 9.58. The summed E-state index contributed by atoms with van der Waals surface area (Å²) in [7, 11) is 0. The van der Waals surface area contributed by atoms with Crippen molar-refractivity contribution in [3.8, 4) is 28.6 Å². The molecule has 6 aromatic carbocycles. The number of fused-ring (bicyclic) bond motifs is 12. The molecule has 11 rings (SSSR count). The van der Waals surface area contributed by atoms with E-state index in [9.17, 15) is 0 Å². The summed E-state index contributed by atoms with van der Waals surface area (Å²) in [5.74, 6) is 2.58. The molecule has 6 nitrogen and oxygen atoms in total. The van der Waals surface area contributed by atoms with E-state index in [0.29, 0.717) is 0 Å². The van der Waals surface area contributed by atoms with Crippen LogP contribution in [0.3, 0.4) is 0 Å². The molecule has 0 N–H and O–H groups in total. The van der Waals surface area contributed by atoms with Crippen LogP contribution < -0.4 is 4.74 Å². The Morgan fingerprint density at radius 1 is 0.467 bits per heavy atom. The highest BCUT2D eigenvalue weighted by Gasteiger charge is 2.29. The first kappa shape index (κ1) is 23.2. The van der Waals surface area contributed by atoms with Gasteiger partial charge in [0.2, 0.25) is 5.78 Å². The van der Waals surface area contributed by atoms with Gasteiger partial charge in [-0.3, -0.25) is 13.5 Å². The van der Waals surface area contributed by atoms with Crippen molar-refractivity contribution in [3.63, 3.8) is 0 Å². The van der Waals surface area contributed by atoms with Crippen molar-refractivity contribution < 1.29 is 4.74 Å². The van der Waals surface area contributed by atoms with E-state index in [-0.39, 0.29) is 0 Å². The van der Waals surface area contributed by atoms with Crippen LogP contribution in [0.15, 0.2) is 140 Å². The van der Waals surface area contributed by atoms with Gasteiger partial charge in [-0.05, 0) is 60.7 Å². The first-order valence-corrected chi connectivity index (χ1v) is 15.2. The maximum absolute atomic E-state index is 6.55. The summed E-state index contributed by atoms with van der Waals surface area (Å²) >= 11 is 0. The normalized spacial score (nSPS) is 12.6. The molecule has 0 unspecified atom stereocenters. The third kappa shape index (κ3) is 2.82. The molecule has 0 fully saturated rings. The fraction of sp³-hybridized carbons (Fsp3) is 0. The average Bonchev–Trinajstić information content (AvgIpc) is 3.82. The topological polar surface area (TPSA) is 41.3 Å². The molecule has 0 saturated heterocycles. The van der Waals surface area contributed by atoms with E-state index in [1.807, 2.05) is 12.1 Å². The average molecular weight is 578 g/mol. The molecule has 10 aromatic rings. The minimum atomic E-state index is 0.850. The van der Waals surface area contributed by atoms with Gasteiger partial charge < -0.3 is 9.30 Å². The van der Waals surface area contributed by atoms with Crippen molar-refractivity contribution in [2.75, 3.05) is 0 Å². The Labute approximate surface area is 256 Å².